The maximum absolute atomic E-state index is 12.5. The third-order valence-corrected chi connectivity index (χ3v) is 8.86. The summed E-state index contributed by atoms with van der Waals surface area (Å²) >= 11 is 3.28. The Kier molecular flexibility index (Phi) is 5.38. The van der Waals surface area contributed by atoms with Crippen molar-refractivity contribution in [3.05, 3.63) is 95.5 Å². The fourth-order valence-corrected chi connectivity index (χ4v) is 6.98. The zero-order chi connectivity index (χ0) is 16.1. The van der Waals surface area contributed by atoms with Gasteiger partial charge in [0, 0.05) is 0 Å². The van der Waals surface area contributed by atoms with E-state index >= 15 is 0 Å². The number of halogens is 1. The van der Waals surface area contributed by atoms with Gasteiger partial charge in [0.25, 0.3) is 0 Å². The predicted molar refractivity (Wildman–Crippen MR) is 94.8 cm³/mol. The number of benzene rings is 3. The van der Waals surface area contributed by atoms with Crippen LogP contribution in [0.15, 0.2) is 84.9 Å². The molecule has 0 amide bonds. The second-order valence-electron chi connectivity index (χ2n) is 4.85. The molecule has 0 aliphatic heterocycles. The molecule has 0 aromatic heterocycles. The monoisotopic (exact) mass is 430 g/mol. The molecule has 0 saturated heterocycles. The molecule has 114 valence electrons. The maximum atomic E-state index is 12.5. The van der Waals surface area contributed by atoms with Gasteiger partial charge in [0.2, 0.25) is 0 Å². The summed E-state index contributed by atoms with van der Waals surface area (Å²) in [6.07, 6.45) is 0. The van der Waals surface area contributed by atoms with E-state index in [1.54, 1.807) is 24.3 Å². The molecule has 2 nitrogen and oxygen atoms in total. The standard InChI is InChI=1S/C7H5ClO2.2C6H5.Sb/c8-6-3-1-5(2-4-6)7(9)10;2*1-2-4-6-5-3-1;/h1-4H,(H,9,10);2*1-5H;/q;;;+1/p-1. The van der Waals surface area contributed by atoms with Crippen molar-refractivity contribution in [1.82, 2.24) is 0 Å². The molecule has 3 aromatic rings. The third-order valence-electron chi connectivity index (χ3n) is 3.24. The van der Waals surface area contributed by atoms with Gasteiger partial charge in [-0.05, 0) is 0 Å². The molecule has 0 aliphatic carbocycles. The van der Waals surface area contributed by atoms with E-state index in [1.807, 2.05) is 60.7 Å². The Hall–Kier alpha value is -1.76. The molecule has 0 fully saturated rings. The summed E-state index contributed by atoms with van der Waals surface area (Å²) < 4.78 is 8.18. The number of hydrogen-bond donors (Lipinski definition) is 0. The van der Waals surface area contributed by atoms with E-state index in [0.717, 1.165) is 7.02 Å². The van der Waals surface area contributed by atoms with Crippen LogP contribution in [-0.4, -0.2) is 26.6 Å². The Morgan fingerprint density at radius 3 is 1.70 bits per heavy atom. The molecule has 0 atom stereocenters. The molecule has 0 heterocycles. The van der Waals surface area contributed by atoms with Crippen molar-refractivity contribution in [3.8, 4) is 0 Å². The number of carbonyl (C=O) groups excluding carboxylic acids is 1. The molecule has 0 aliphatic rings. The Morgan fingerprint density at radius 2 is 1.22 bits per heavy atom. The van der Waals surface area contributed by atoms with Crippen molar-refractivity contribution in [2.75, 3.05) is 0 Å². The van der Waals surface area contributed by atoms with Gasteiger partial charge in [0.1, 0.15) is 0 Å². The summed E-state index contributed by atoms with van der Waals surface area (Å²) in [6.45, 7) is 0. The number of rotatable bonds is 4. The van der Waals surface area contributed by atoms with E-state index in [9.17, 15) is 4.79 Å². The van der Waals surface area contributed by atoms with Crippen LogP contribution in [0.2, 0.25) is 5.02 Å². The Bertz CT molecular complexity index is 734. The van der Waals surface area contributed by atoms with Crippen molar-refractivity contribution in [2.24, 2.45) is 0 Å². The summed E-state index contributed by atoms with van der Waals surface area (Å²) in [5.74, 6) is -0.294. The number of carbonyl (C=O) groups is 1. The molecule has 0 bridgehead atoms. The Labute approximate surface area is 148 Å². The normalized spacial score (nSPS) is 10.5. The van der Waals surface area contributed by atoms with Crippen LogP contribution in [0.1, 0.15) is 10.4 Å². The molecule has 3 rings (SSSR count). The minimum absolute atomic E-state index is 0.294. The van der Waals surface area contributed by atoms with Crippen LogP contribution >= 0.6 is 11.6 Å². The van der Waals surface area contributed by atoms with Crippen LogP contribution in [0.25, 0.3) is 0 Å². The van der Waals surface area contributed by atoms with Gasteiger partial charge in [0.15, 0.2) is 0 Å². The molecular weight excluding hydrogens is 417 g/mol. The van der Waals surface area contributed by atoms with Crippen LogP contribution in [-0.2, 0) is 3.02 Å². The topological polar surface area (TPSA) is 26.3 Å². The molecule has 0 spiro atoms. The van der Waals surface area contributed by atoms with Crippen molar-refractivity contribution >= 4 is 45.2 Å². The van der Waals surface area contributed by atoms with E-state index in [-0.39, 0.29) is 5.97 Å². The fourth-order valence-electron chi connectivity index (χ4n) is 2.10. The molecule has 0 radical (unpaired) electrons. The molecule has 3 aromatic carbocycles. The van der Waals surface area contributed by atoms with Gasteiger partial charge in [0.05, 0.1) is 0 Å². The Morgan fingerprint density at radius 1 is 0.739 bits per heavy atom. The zero-order valence-corrected chi connectivity index (χ0v) is 15.5. The van der Waals surface area contributed by atoms with Crippen molar-refractivity contribution < 1.29 is 7.81 Å². The fraction of sp³-hybridized carbons (Fsp3) is 0. The summed E-state index contributed by atoms with van der Waals surface area (Å²) in [5, 5.41) is 0.602. The van der Waals surface area contributed by atoms with E-state index < -0.39 is 20.6 Å². The van der Waals surface area contributed by atoms with E-state index in [0.29, 0.717) is 10.6 Å². The zero-order valence-electron chi connectivity index (χ0n) is 12.2. The minimum atomic E-state index is -2.59. The SMILES string of the molecule is O=C([O][Sb]([c]1ccccc1)[c]1ccccc1)c1ccc(Cl)cc1. The second-order valence-corrected chi connectivity index (χ2v) is 10.4. The van der Waals surface area contributed by atoms with E-state index in [4.69, 9.17) is 14.6 Å². The van der Waals surface area contributed by atoms with Crippen LogP contribution in [0.5, 0.6) is 0 Å². The Balaban J connectivity index is 1.90. The van der Waals surface area contributed by atoms with Crippen LogP contribution in [0.4, 0.5) is 0 Å². The summed E-state index contributed by atoms with van der Waals surface area (Å²) in [6, 6.07) is 26.8. The van der Waals surface area contributed by atoms with Crippen molar-refractivity contribution in [2.45, 2.75) is 0 Å². The van der Waals surface area contributed by atoms with Gasteiger partial charge in [-0.15, -0.1) is 0 Å². The van der Waals surface area contributed by atoms with Gasteiger partial charge in [-0.1, -0.05) is 0 Å². The van der Waals surface area contributed by atoms with Gasteiger partial charge in [-0.2, -0.15) is 0 Å². The van der Waals surface area contributed by atoms with E-state index in [2.05, 4.69) is 0 Å². The van der Waals surface area contributed by atoms with Crippen molar-refractivity contribution in [3.63, 3.8) is 0 Å². The molecule has 0 unspecified atom stereocenters. The van der Waals surface area contributed by atoms with Gasteiger partial charge in [-0.25, -0.2) is 0 Å². The molecule has 0 saturated carbocycles. The van der Waals surface area contributed by atoms with Crippen molar-refractivity contribution in [1.29, 1.82) is 0 Å². The van der Waals surface area contributed by atoms with Gasteiger partial charge >= 0.3 is 149 Å². The van der Waals surface area contributed by atoms with E-state index in [1.165, 1.54) is 0 Å². The average Bonchev–Trinajstić information content (AvgIpc) is 2.61. The van der Waals surface area contributed by atoms with Crippen LogP contribution < -0.4 is 7.02 Å². The van der Waals surface area contributed by atoms with Crippen LogP contribution in [0.3, 0.4) is 0 Å². The first-order chi connectivity index (χ1) is 11.2. The average molecular weight is 432 g/mol. The third kappa shape index (κ3) is 4.16. The molecule has 4 heteroatoms. The number of hydrogen-bond acceptors (Lipinski definition) is 2. The first-order valence-electron chi connectivity index (χ1n) is 7.12. The van der Waals surface area contributed by atoms with Gasteiger partial charge in [-0.3, -0.25) is 0 Å². The predicted octanol–water partition coefficient (Wildman–Crippen LogP) is 3.30. The first kappa shape index (κ1) is 16.1. The molecule has 0 N–H and O–H groups in total. The second kappa shape index (κ2) is 7.68. The summed E-state index contributed by atoms with van der Waals surface area (Å²) in [4.78, 5) is 12.5. The molecule has 23 heavy (non-hydrogen) atoms. The summed E-state index contributed by atoms with van der Waals surface area (Å²) in [5.41, 5.74) is 0.524. The van der Waals surface area contributed by atoms with Crippen LogP contribution in [0, 0.1) is 0 Å². The first-order valence-corrected chi connectivity index (χ1v) is 11.1. The quantitative estimate of drug-likeness (QED) is 0.593. The van der Waals surface area contributed by atoms with Gasteiger partial charge < -0.3 is 0 Å². The molecular formula is C19H14ClO2Sb. The summed E-state index contributed by atoms with van der Waals surface area (Å²) in [7, 11) is 0.